The maximum Gasteiger partial charge on any atom is 0.181 e. The Bertz CT molecular complexity index is 629. The molecule has 84 valence electrons. The second kappa shape index (κ2) is 4.14. The summed E-state index contributed by atoms with van der Waals surface area (Å²) in [5.74, 6) is 1.28. The third kappa shape index (κ3) is 1.87. The van der Waals surface area contributed by atoms with Gasteiger partial charge in [0.25, 0.3) is 0 Å². The van der Waals surface area contributed by atoms with Crippen molar-refractivity contribution in [3.63, 3.8) is 0 Å². The van der Waals surface area contributed by atoms with Crippen molar-refractivity contribution < 1.29 is 0 Å². The number of hydrogen-bond acceptors (Lipinski definition) is 3. The Balaban J connectivity index is 2.13. The van der Waals surface area contributed by atoms with Gasteiger partial charge in [-0.1, -0.05) is 18.2 Å². The van der Waals surface area contributed by atoms with Crippen molar-refractivity contribution in [1.82, 2.24) is 19.9 Å². The normalized spacial score (nSPS) is 10.9. The minimum atomic E-state index is 0.494. The summed E-state index contributed by atoms with van der Waals surface area (Å²) in [5, 5.41) is 0. The van der Waals surface area contributed by atoms with E-state index in [0.29, 0.717) is 11.5 Å². The molecule has 0 atom stereocenters. The number of fused-ring (bicyclic) bond motifs is 1. The summed E-state index contributed by atoms with van der Waals surface area (Å²) in [6, 6.07) is 7.95. The standard InChI is InChI=1S/C12H9ClN4/c13-5-8-2-1-3-9(4-8)11-16-10-6-14-7-15-12(10)17-11/h1-4,6-7H,5H2,(H,14,15,16,17). The molecule has 0 spiro atoms. The molecule has 17 heavy (non-hydrogen) atoms. The van der Waals surface area contributed by atoms with Crippen LogP contribution in [0.5, 0.6) is 0 Å². The molecule has 0 amide bonds. The molecule has 5 heteroatoms. The van der Waals surface area contributed by atoms with E-state index in [9.17, 15) is 0 Å². The van der Waals surface area contributed by atoms with Crippen LogP contribution in [-0.2, 0) is 5.88 Å². The molecule has 3 aromatic rings. The lowest BCUT2D eigenvalue weighted by Crippen LogP contribution is -1.83. The van der Waals surface area contributed by atoms with Crippen LogP contribution in [0.4, 0.5) is 0 Å². The monoisotopic (exact) mass is 244 g/mol. The summed E-state index contributed by atoms with van der Waals surface area (Å²) in [7, 11) is 0. The van der Waals surface area contributed by atoms with Gasteiger partial charge in [-0.05, 0) is 11.6 Å². The van der Waals surface area contributed by atoms with E-state index in [1.54, 1.807) is 6.20 Å². The Morgan fingerprint density at radius 2 is 2.24 bits per heavy atom. The number of rotatable bonds is 2. The van der Waals surface area contributed by atoms with Gasteiger partial charge >= 0.3 is 0 Å². The zero-order chi connectivity index (χ0) is 11.7. The van der Waals surface area contributed by atoms with Gasteiger partial charge in [0.15, 0.2) is 5.65 Å². The zero-order valence-corrected chi connectivity index (χ0v) is 9.65. The summed E-state index contributed by atoms with van der Waals surface area (Å²) >= 11 is 5.81. The fourth-order valence-corrected chi connectivity index (χ4v) is 1.87. The highest BCUT2D eigenvalue weighted by atomic mass is 35.5. The molecule has 2 heterocycles. The second-order valence-electron chi connectivity index (χ2n) is 3.68. The van der Waals surface area contributed by atoms with Gasteiger partial charge in [-0.3, -0.25) is 0 Å². The molecule has 0 aliphatic carbocycles. The molecule has 0 radical (unpaired) electrons. The van der Waals surface area contributed by atoms with E-state index in [0.717, 1.165) is 22.5 Å². The van der Waals surface area contributed by atoms with E-state index < -0.39 is 0 Å². The van der Waals surface area contributed by atoms with E-state index >= 15 is 0 Å². The molecule has 0 bridgehead atoms. The number of imidazole rings is 1. The highest BCUT2D eigenvalue weighted by molar-refractivity contribution is 6.17. The minimum Gasteiger partial charge on any atom is -0.335 e. The van der Waals surface area contributed by atoms with Gasteiger partial charge in [0, 0.05) is 11.4 Å². The molecule has 0 aliphatic rings. The number of halogens is 1. The smallest absolute Gasteiger partial charge is 0.181 e. The van der Waals surface area contributed by atoms with Crippen molar-refractivity contribution in [2.45, 2.75) is 5.88 Å². The predicted molar refractivity (Wildman–Crippen MR) is 66.7 cm³/mol. The van der Waals surface area contributed by atoms with Gasteiger partial charge in [0.2, 0.25) is 0 Å². The number of alkyl halides is 1. The van der Waals surface area contributed by atoms with Gasteiger partial charge in [0.1, 0.15) is 17.7 Å². The molecule has 0 unspecified atom stereocenters. The summed E-state index contributed by atoms with van der Waals surface area (Å²) < 4.78 is 0. The first-order chi connectivity index (χ1) is 8.36. The average Bonchev–Trinajstić information content (AvgIpc) is 2.82. The average molecular weight is 245 g/mol. The molecule has 1 N–H and O–H groups in total. The van der Waals surface area contributed by atoms with Crippen LogP contribution >= 0.6 is 11.6 Å². The van der Waals surface area contributed by atoms with Crippen LogP contribution in [0.25, 0.3) is 22.6 Å². The molecule has 4 nitrogen and oxygen atoms in total. The topological polar surface area (TPSA) is 54.5 Å². The Morgan fingerprint density at radius 3 is 3.06 bits per heavy atom. The molecule has 3 rings (SSSR count). The summed E-state index contributed by atoms with van der Waals surface area (Å²) in [5.41, 5.74) is 3.57. The summed E-state index contributed by atoms with van der Waals surface area (Å²) in [4.78, 5) is 15.6. The first-order valence-electron chi connectivity index (χ1n) is 5.18. The molecule has 0 aliphatic heterocycles. The molecular formula is C12H9ClN4. The van der Waals surface area contributed by atoms with E-state index in [-0.39, 0.29) is 0 Å². The lowest BCUT2D eigenvalue weighted by atomic mass is 10.1. The maximum absolute atomic E-state index is 5.81. The van der Waals surface area contributed by atoms with Crippen molar-refractivity contribution in [2.24, 2.45) is 0 Å². The Kier molecular flexibility index (Phi) is 2.49. The van der Waals surface area contributed by atoms with Crippen LogP contribution in [0, 0.1) is 0 Å². The van der Waals surface area contributed by atoms with Crippen LogP contribution in [0.15, 0.2) is 36.8 Å². The van der Waals surface area contributed by atoms with Gasteiger partial charge in [0.05, 0.1) is 6.20 Å². The van der Waals surface area contributed by atoms with E-state index in [2.05, 4.69) is 19.9 Å². The second-order valence-corrected chi connectivity index (χ2v) is 3.95. The molecule has 2 aromatic heterocycles. The van der Waals surface area contributed by atoms with Crippen LogP contribution in [-0.4, -0.2) is 19.9 Å². The van der Waals surface area contributed by atoms with Crippen LogP contribution in [0.2, 0.25) is 0 Å². The molecular weight excluding hydrogens is 236 g/mol. The van der Waals surface area contributed by atoms with Crippen LogP contribution in [0.3, 0.4) is 0 Å². The van der Waals surface area contributed by atoms with Crippen molar-refractivity contribution in [3.8, 4) is 11.4 Å². The summed E-state index contributed by atoms with van der Waals surface area (Å²) in [6.45, 7) is 0. The Morgan fingerprint density at radius 1 is 1.29 bits per heavy atom. The molecule has 0 saturated heterocycles. The molecule has 0 fully saturated rings. The SMILES string of the molecule is ClCc1cccc(-c2nc3ncncc3[nH]2)c1. The minimum absolute atomic E-state index is 0.494. The quantitative estimate of drug-likeness (QED) is 0.706. The number of aromatic amines is 1. The molecule has 0 saturated carbocycles. The predicted octanol–water partition coefficient (Wildman–Crippen LogP) is 2.76. The van der Waals surface area contributed by atoms with Gasteiger partial charge < -0.3 is 4.98 Å². The first-order valence-corrected chi connectivity index (χ1v) is 5.71. The van der Waals surface area contributed by atoms with Crippen molar-refractivity contribution >= 4 is 22.8 Å². The highest BCUT2D eigenvalue weighted by Gasteiger charge is 2.06. The number of aromatic nitrogens is 4. The van der Waals surface area contributed by atoms with Crippen molar-refractivity contribution in [2.75, 3.05) is 0 Å². The number of H-pyrrole nitrogens is 1. The lowest BCUT2D eigenvalue weighted by molar-refractivity contribution is 1.20. The van der Waals surface area contributed by atoms with Crippen molar-refractivity contribution in [3.05, 3.63) is 42.4 Å². The largest absolute Gasteiger partial charge is 0.335 e. The Labute approximate surface area is 103 Å². The van der Waals surface area contributed by atoms with Gasteiger partial charge in [-0.15, -0.1) is 11.6 Å². The maximum atomic E-state index is 5.81. The Hall–Kier alpha value is -1.94. The highest BCUT2D eigenvalue weighted by Crippen LogP contribution is 2.20. The number of hydrogen-bond donors (Lipinski definition) is 1. The van der Waals surface area contributed by atoms with Gasteiger partial charge in [-0.2, -0.15) is 0 Å². The van der Waals surface area contributed by atoms with Crippen LogP contribution < -0.4 is 0 Å². The summed E-state index contributed by atoms with van der Waals surface area (Å²) in [6.07, 6.45) is 3.20. The number of benzene rings is 1. The van der Waals surface area contributed by atoms with E-state index in [4.69, 9.17) is 11.6 Å². The van der Waals surface area contributed by atoms with E-state index in [1.807, 2.05) is 24.3 Å². The fourth-order valence-electron chi connectivity index (χ4n) is 1.70. The van der Waals surface area contributed by atoms with Crippen LogP contribution in [0.1, 0.15) is 5.56 Å². The lowest BCUT2D eigenvalue weighted by Gasteiger charge is -1.98. The third-order valence-corrected chi connectivity index (χ3v) is 2.83. The number of nitrogens with zero attached hydrogens (tertiary/aromatic N) is 3. The zero-order valence-electron chi connectivity index (χ0n) is 8.89. The van der Waals surface area contributed by atoms with Gasteiger partial charge in [-0.25, -0.2) is 15.0 Å². The fraction of sp³-hybridized carbons (Fsp3) is 0.0833. The molecule has 1 aromatic carbocycles. The first kappa shape index (κ1) is 10.2. The number of nitrogens with one attached hydrogen (secondary N) is 1. The van der Waals surface area contributed by atoms with Crippen molar-refractivity contribution in [1.29, 1.82) is 0 Å². The van der Waals surface area contributed by atoms with E-state index in [1.165, 1.54) is 6.33 Å². The third-order valence-electron chi connectivity index (χ3n) is 2.52.